The summed E-state index contributed by atoms with van der Waals surface area (Å²) >= 11 is 0. The van der Waals surface area contributed by atoms with E-state index in [0.717, 1.165) is 13.1 Å². The first-order valence-corrected chi connectivity index (χ1v) is 6.18. The summed E-state index contributed by atoms with van der Waals surface area (Å²) in [4.78, 5) is 3.35. The van der Waals surface area contributed by atoms with Crippen molar-refractivity contribution >= 4 is 0 Å². The fourth-order valence-electron chi connectivity index (χ4n) is 2.10. The average molecular weight is 270 g/mol. The zero-order chi connectivity index (χ0) is 13.6. The molecule has 1 aliphatic rings. The maximum atomic E-state index is 12.4. The number of aliphatic hydroxyl groups excluding tert-OH is 1. The minimum Gasteiger partial charge on any atom is -0.395 e. The molecule has 1 rings (SSSR count). The predicted molar refractivity (Wildman–Crippen MR) is 61.4 cm³/mol. The fraction of sp³-hybridized carbons (Fsp3) is 1.00. The Morgan fingerprint density at radius 2 is 2.17 bits per heavy atom. The van der Waals surface area contributed by atoms with Gasteiger partial charge in [0.1, 0.15) is 0 Å². The molecule has 0 aromatic heterocycles. The number of morpholine rings is 1. The predicted octanol–water partition coefficient (Wildman–Crippen LogP) is 0.564. The summed E-state index contributed by atoms with van der Waals surface area (Å²) in [5, 5.41) is 8.80. The number of likely N-dealkylation sites (N-methyl/N-ethyl adjacent to an activating group) is 1. The molecule has 1 saturated heterocycles. The second-order valence-electron chi connectivity index (χ2n) is 4.46. The van der Waals surface area contributed by atoms with Gasteiger partial charge >= 0.3 is 6.18 Å². The molecule has 1 N–H and O–H groups in total. The Morgan fingerprint density at radius 3 is 2.72 bits per heavy atom. The van der Waals surface area contributed by atoms with Gasteiger partial charge in [0.05, 0.1) is 25.9 Å². The van der Waals surface area contributed by atoms with Crippen molar-refractivity contribution in [1.82, 2.24) is 9.80 Å². The molecule has 0 aliphatic carbocycles. The molecule has 4 nitrogen and oxygen atoms in total. The van der Waals surface area contributed by atoms with Gasteiger partial charge < -0.3 is 9.84 Å². The molecule has 0 amide bonds. The largest absolute Gasteiger partial charge is 0.401 e. The Balaban J connectivity index is 2.44. The molecule has 0 radical (unpaired) electrons. The SMILES string of the molecule is CCN1CCOC(CN(CCO)CC(F)(F)F)C1. The van der Waals surface area contributed by atoms with Crippen molar-refractivity contribution in [3.05, 3.63) is 0 Å². The molecule has 0 aromatic rings. The van der Waals surface area contributed by atoms with Crippen LogP contribution in [0.3, 0.4) is 0 Å². The van der Waals surface area contributed by atoms with Crippen molar-refractivity contribution < 1.29 is 23.0 Å². The van der Waals surface area contributed by atoms with E-state index in [1.54, 1.807) is 0 Å². The molecular formula is C11H21F3N2O2. The summed E-state index contributed by atoms with van der Waals surface area (Å²) in [7, 11) is 0. The second kappa shape index (κ2) is 7.28. The molecule has 7 heteroatoms. The Bertz CT molecular complexity index is 239. The Labute approximate surface area is 105 Å². The minimum atomic E-state index is -4.24. The second-order valence-corrected chi connectivity index (χ2v) is 4.46. The zero-order valence-electron chi connectivity index (χ0n) is 10.6. The summed E-state index contributed by atoms with van der Waals surface area (Å²) in [6.07, 6.45) is -4.46. The van der Waals surface area contributed by atoms with Crippen LogP contribution in [0, 0.1) is 0 Å². The maximum Gasteiger partial charge on any atom is 0.401 e. The van der Waals surface area contributed by atoms with Crippen molar-refractivity contribution in [2.24, 2.45) is 0 Å². The normalized spacial score (nSPS) is 22.7. The molecule has 108 valence electrons. The highest BCUT2D eigenvalue weighted by atomic mass is 19.4. The topological polar surface area (TPSA) is 35.9 Å². The highest BCUT2D eigenvalue weighted by Gasteiger charge is 2.32. The monoisotopic (exact) mass is 270 g/mol. The Kier molecular flexibility index (Phi) is 6.34. The van der Waals surface area contributed by atoms with E-state index in [-0.39, 0.29) is 25.8 Å². The number of hydrogen-bond acceptors (Lipinski definition) is 4. The average Bonchev–Trinajstić information content (AvgIpc) is 2.27. The lowest BCUT2D eigenvalue weighted by Gasteiger charge is -2.35. The van der Waals surface area contributed by atoms with Gasteiger partial charge in [-0.3, -0.25) is 9.80 Å². The van der Waals surface area contributed by atoms with Crippen LogP contribution in [-0.2, 0) is 4.74 Å². The molecular weight excluding hydrogens is 249 g/mol. The van der Waals surface area contributed by atoms with Gasteiger partial charge in [0.25, 0.3) is 0 Å². The quantitative estimate of drug-likeness (QED) is 0.765. The fourth-order valence-corrected chi connectivity index (χ4v) is 2.10. The number of halogens is 3. The van der Waals surface area contributed by atoms with Gasteiger partial charge in [0.2, 0.25) is 0 Å². The molecule has 0 bridgehead atoms. The van der Waals surface area contributed by atoms with Crippen LogP contribution in [0.25, 0.3) is 0 Å². The van der Waals surface area contributed by atoms with Gasteiger partial charge in [-0.15, -0.1) is 0 Å². The van der Waals surface area contributed by atoms with Gasteiger partial charge in [-0.2, -0.15) is 13.2 Å². The number of aliphatic hydroxyl groups is 1. The van der Waals surface area contributed by atoms with Crippen LogP contribution in [0.4, 0.5) is 13.2 Å². The van der Waals surface area contributed by atoms with Gasteiger partial charge in [-0.25, -0.2) is 0 Å². The smallest absolute Gasteiger partial charge is 0.395 e. The highest BCUT2D eigenvalue weighted by molar-refractivity contribution is 4.75. The summed E-state index contributed by atoms with van der Waals surface area (Å²) < 4.78 is 42.5. The Hall–Kier alpha value is -0.370. The lowest BCUT2D eigenvalue weighted by atomic mass is 10.2. The number of ether oxygens (including phenoxy) is 1. The van der Waals surface area contributed by atoms with Crippen molar-refractivity contribution in [2.75, 3.05) is 52.5 Å². The van der Waals surface area contributed by atoms with E-state index in [4.69, 9.17) is 9.84 Å². The van der Waals surface area contributed by atoms with E-state index >= 15 is 0 Å². The van der Waals surface area contributed by atoms with Crippen LogP contribution in [-0.4, -0.2) is 79.7 Å². The third-order valence-corrected chi connectivity index (χ3v) is 2.95. The van der Waals surface area contributed by atoms with E-state index in [0.29, 0.717) is 13.2 Å². The molecule has 1 aliphatic heterocycles. The van der Waals surface area contributed by atoms with Crippen LogP contribution in [0.2, 0.25) is 0 Å². The van der Waals surface area contributed by atoms with Gasteiger partial charge in [0.15, 0.2) is 0 Å². The van der Waals surface area contributed by atoms with Crippen LogP contribution < -0.4 is 0 Å². The number of hydrogen-bond donors (Lipinski definition) is 1. The van der Waals surface area contributed by atoms with Crippen molar-refractivity contribution in [3.8, 4) is 0 Å². The number of rotatable bonds is 6. The van der Waals surface area contributed by atoms with Crippen molar-refractivity contribution in [2.45, 2.75) is 19.2 Å². The highest BCUT2D eigenvalue weighted by Crippen LogP contribution is 2.17. The van der Waals surface area contributed by atoms with E-state index < -0.39 is 12.7 Å². The minimum absolute atomic E-state index is 0.0193. The molecule has 1 heterocycles. The molecule has 18 heavy (non-hydrogen) atoms. The van der Waals surface area contributed by atoms with Crippen LogP contribution in [0.1, 0.15) is 6.92 Å². The zero-order valence-corrected chi connectivity index (χ0v) is 10.6. The first kappa shape index (κ1) is 15.7. The maximum absolute atomic E-state index is 12.4. The van der Waals surface area contributed by atoms with Crippen LogP contribution in [0.15, 0.2) is 0 Å². The third kappa shape index (κ3) is 5.99. The molecule has 0 aromatic carbocycles. The van der Waals surface area contributed by atoms with E-state index in [1.165, 1.54) is 4.90 Å². The summed E-state index contributed by atoms with van der Waals surface area (Å²) in [5.41, 5.74) is 0. The van der Waals surface area contributed by atoms with Crippen molar-refractivity contribution in [3.63, 3.8) is 0 Å². The Morgan fingerprint density at radius 1 is 1.44 bits per heavy atom. The molecule has 1 fully saturated rings. The summed E-state index contributed by atoms with van der Waals surface area (Å²) in [5.74, 6) is 0. The van der Waals surface area contributed by atoms with Gasteiger partial charge in [0, 0.05) is 26.2 Å². The molecule has 0 spiro atoms. The number of nitrogens with zero attached hydrogens (tertiary/aromatic N) is 2. The van der Waals surface area contributed by atoms with Crippen LogP contribution in [0.5, 0.6) is 0 Å². The van der Waals surface area contributed by atoms with Crippen LogP contribution >= 0.6 is 0 Å². The van der Waals surface area contributed by atoms with E-state index in [2.05, 4.69) is 4.90 Å². The van der Waals surface area contributed by atoms with Gasteiger partial charge in [-0.1, -0.05) is 6.92 Å². The lowest BCUT2D eigenvalue weighted by molar-refractivity contribution is -0.152. The lowest BCUT2D eigenvalue weighted by Crippen LogP contribution is -2.49. The molecule has 0 saturated carbocycles. The first-order chi connectivity index (χ1) is 8.44. The third-order valence-electron chi connectivity index (χ3n) is 2.95. The molecule has 1 unspecified atom stereocenters. The van der Waals surface area contributed by atoms with Crippen molar-refractivity contribution in [1.29, 1.82) is 0 Å². The van der Waals surface area contributed by atoms with Gasteiger partial charge in [-0.05, 0) is 6.54 Å². The standard InChI is InChI=1S/C11H21F3N2O2/c1-2-15-4-6-18-10(7-15)8-16(3-5-17)9-11(12,13)14/h10,17H,2-9H2,1H3. The summed E-state index contributed by atoms with van der Waals surface area (Å²) in [6, 6.07) is 0. The first-order valence-electron chi connectivity index (χ1n) is 6.18. The van der Waals surface area contributed by atoms with E-state index in [9.17, 15) is 13.2 Å². The van der Waals surface area contributed by atoms with E-state index in [1.807, 2.05) is 6.92 Å². The molecule has 1 atom stereocenters. The number of alkyl halides is 3. The summed E-state index contributed by atoms with van der Waals surface area (Å²) in [6.45, 7) is 3.87.